The predicted molar refractivity (Wildman–Crippen MR) is 112 cm³/mol. The van der Waals surface area contributed by atoms with Gasteiger partial charge < -0.3 is 9.84 Å². The highest BCUT2D eigenvalue weighted by Crippen LogP contribution is 2.66. The Balaban J connectivity index is 1.54. The molecule has 3 fully saturated rings. The summed E-state index contributed by atoms with van der Waals surface area (Å²) in [7, 11) is 0. The van der Waals surface area contributed by atoms with E-state index in [-0.39, 0.29) is 46.8 Å². The Kier molecular flexibility index (Phi) is 5.71. The lowest BCUT2D eigenvalue weighted by molar-refractivity contribution is -0.155. The van der Waals surface area contributed by atoms with Gasteiger partial charge in [-0.2, -0.15) is 0 Å². The summed E-state index contributed by atoms with van der Waals surface area (Å²) in [6.07, 6.45) is 8.20. The molecule has 0 aromatic rings. The molecule has 3 saturated carbocycles. The van der Waals surface area contributed by atoms with Crippen molar-refractivity contribution in [1.82, 2.24) is 0 Å². The van der Waals surface area contributed by atoms with E-state index in [9.17, 15) is 19.5 Å². The molecule has 166 valence electrons. The van der Waals surface area contributed by atoms with Gasteiger partial charge in [0.05, 0.1) is 6.10 Å². The van der Waals surface area contributed by atoms with E-state index in [1.807, 2.05) is 13.0 Å². The van der Waals surface area contributed by atoms with Crippen molar-refractivity contribution in [2.24, 2.45) is 34.5 Å². The van der Waals surface area contributed by atoms with Crippen molar-refractivity contribution in [2.45, 2.75) is 84.7 Å². The molecule has 0 aromatic heterocycles. The summed E-state index contributed by atoms with van der Waals surface area (Å²) in [5.74, 6) is 0.740. The molecule has 0 spiro atoms. The van der Waals surface area contributed by atoms with Crippen LogP contribution in [0, 0.1) is 34.5 Å². The van der Waals surface area contributed by atoms with Gasteiger partial charge in [0.2, 0.25) is 0 Å². The second-order valence-corrected chi connectivity index (χ2v) is 10.7. The molecular weight excluding hydrogens is 380 g/mol. The van der Waals surface area contributed by atoms with E-state index in [0.717, 1.165) is 32.1 Å². The topological polar surface area (TPSA) is 80.7 Å². The van der Waals surface area contributed by atoms with Crippen molar-refractivity contribution in [3.05, 3.63) is 11.6 Å². The zero-order valence-corrected chi connectivity index (χ0v) is 18.6. The summed E-state index contributed by atoms with van der Waals surface area (Å²) >= 11 is 0. The first-order valence-electron chi connectivity index (χ1n) is 11.8. The fourth-order valence-corrected chi connectivity index (χ4v) is 7.74. The quantitative estimate of drug-likeness (QED) is 0.685. The van der Waals surface area contributed by atoms with E-state index in [2.05, 4.69) is 13.8 Å². The van der Waals surface area contributed by atoms with Crippen LogP contribution in [0.4, 0.5) is 0 Å². The number of esters is 1. The highest BCUT2D eigenvalue weighted by Gasteiger charge is 2.62. The predicted octanol–water partition coefficient (Wildman–Crippen LogP) is 4.02. The van der Waals surface area contributed by atoms with Crippen LogP contribution in [0.1, 0.15) is 78.6 Å². The zero-order valence-electron chi connectivity index (χ0n) is 18.6. The van der Waals surface area contributed by atoms with Gasteiger partial charge >= 0.3 is 5.97 Å². The molecule has 5 heteroatoms. The fourth-order valence-electron chi connectivity index (χ4n) is 7.74. The van der Waals surface area contributed by atoms with Crippen LogP contribution < -0.4 is 0 Å². The van der Waals surface area contributed by atoms with Crippen molar-refractivity contribution in [3.63, 3.8) is 0 Å². The molecule has 7 atom stereocenters. The fraction of sp³-hybridized carbons (Fsp3) is 0.800. The normalized spacial score (nSPS) is 42.6. The number of hydrogen-bond acceptors (Lipinski definition) is 5. The molecule has 0 radical (unpaired) electrons. The van der Waals surface area contributed by atoms with Gasteiger partial charge in [-0.25, -0.2) is 0 Å². The van der Waals surface area contributed by atoms with Crippen LogP contribution in [-0.4, -0.2) is 35.4 Å². The van der Waals surface area contributed by atoms with Crippen LogP contribution in [0.3, 0.4) is 0 Å². The maximum Gasteiger partial charge on any atom is 0.306 e. The van der Waals surface area contributed by atoms with Crippen LogP contribution in [0.5, 0.6) is 0 Å². The first-order chi connectivity index (χ1) is 14.2. The highest BCUT2D eigenvalue weighted by molar-refractivity contribution is 5.91. The van der Waals surface area contributed by atoms with Gasteiger partial charge in [0, 0.05) is 18.8 Å². The van der Waals surface area contributed by atoms with E-state index in [4.69, 9.17) is 4.74 Å². The summed E-state index contributed by atoms with van der Waals surface area (Å²) in [5.41, 5.74) is 0.891. The molecule has 7 unspecified atom stereocenters. The lowest BCUT2D eigenvalue weighted by Gasteiger charge is -2.59. The Morgan fingerprint density at radius 3 is 2.70 bits per heavy atom. The number of aliphatic hydroxyl groups excluding tert-OH is 1. The Morgan fingerprint density at radius 1 is 1.20 bits per heavy atom. The average molecular weight is 417 g/mol. The summed E-state index contributed by atoms with van der Waals surface area (Å²) in [6.45, 7) is 6.21. The second-order valence-electron chi connectivity index (χ2n) is 10.7. The Labute approximate surface area is 179 Å². The van der Waals surface area contributed by atoms with Gasteiger partial charge in [0.15, 0.2) is 11.6 Å². The molecule has 1 N–H and O–H groups in total. The smallest absolute Gasteiger partial charge is 0.306 e. The first kappa shape index (κ1) is 21.7. The molecule has 4 aliphatic carbocycles. The Morgan fingerprint density at radius 2 is 1.97 bits per heavy atom. The van der Waals surface area contributed by atoms with Crippen LogP contribution in [0.15, 0.2) is 11.6 Å². The number of allylic oxidation sites excluding steroid dienone is 1. The summed E-state index contributed by atoms with van der Waals surface area (Å²) in [6, 6.07) is 0. The van der Waals surface area contributed by atoms with E-state index in [1.165, 1.54) is 5.57 Å². The Bertz CT molecular complexity index is 770. The number of Topliss-reactive ketones (excluding diaryl/α,β-unsaturated/α-hetero) is 1. The number of rotatable bonds is 5. The second kappa shape index (κ2) is 7.89. The monoisotopic (exact) mass is 416 g/mol. The van der Waals surface area contributed by atoms with Gasteiger partial charge in [0.1, 0.15) is 6.61 Å². The minimum Gasteiger partial charge on any atom is -0.458 e. The summed E-state index contributed by atoms with van der Waals surface area (Å²) in [5, 5.41) is 11.4. The third-order valence-electron chi connectivity index (χ3n) is 9.11. The van der Waals surface area contributed by atoms with Crippen LogP contribution in [0.25, 0.3) is 0 Å². The SMILES string of the molecule is CCCC(=O)OCC(=O)C1CCC2C3CCC4=CC(=O)CCC4(C)C3C(O)CC12C. The summed E-state index contributed by atoms with van der Waals surface area (Å²) < 4.78 is 5.22. The first-order valence-corrected chi connectivity index (χ1v) is 11.8. The molecule has 30 heavy (non-hydrogen) atoms. The maximum absolute atomic E-state index is 13.0. The molecular formula is C25H36O5. The van der Waals surface area contributed by atoms with Crippen LogP contribution >= 0.6 is 0 Å². The van der Waals surface area contributed by atoms with E-state index < -0.39 is 6.10 Å². The standard InChI is InChI=1S/C25H36O5/c1-4-5-22(29)30-14-21(28)19-9-8-18-17-7-6-15-12-16(26)10-11-24(15,2)23(17)20(27)13-25(18,19)3/h12,17-20,23,27H,4-11,13-14H2,1-3H3. The molecule has 0 aromatic carbocycles. The minimum atomic E-state index is -0.464. The minimum absolute atomic E-state index is 0.0148. The number of carbonyl (C=O) groups is 3. The van der Waals surface area contributed by atoms with Crippen molar-refractivity contribution in [3.8, 4) is 0 Å². The molecule has 4 rings (SSSR count). The van der Waals surface area contributed by atoms with E-state index in [0.29, 0.717) is 37.5 Å². The van der Waals surface area contributed by atoms with Gasteiger partial charge in [0.25, 0.3) is 0 Å². The van der Waals surface area contributed by atoms with Gasteiger partial charge in [-0.3, -0.25) is 14.4 Å². The molecule has 5 nitrogen and oxygen atoms in total. The largest absolute Gasteiger partial charge is 0.458 e. The van der Waals surface area contributed by atoms with Crippen molar-refractivity contribution in [2.75, 3.05) is 6.61 Å². The van der Waals surface area contributed by atoms with Crippen molar-refractivity contribution >= 4 is 17.5 Å². The molecule has 0 aliphatic heterocycles. The van der Waals surface area contributed by atoms with E-state index >= 15 is 0 Å². The third-order valence-corrected chi connectivity index (χ3v) is 9.11. The molecule has 4 aliphatic rings. The molecule has 0 bridgehead atoms. The Hall–Kier alpha value is -1.49. The maximum atomic E-state index is 13.0. The highest BCUT2D eigenvalue weighted by atomic mass is 16.5. The van der Waals surface area contributed by atoms with Crippen molar-refractivity contribution in [1.29, 1.82) is 0 Å². The number of ketones is 2. The number of carbonyl (C=O) groups excluding carboxylic acids is 3. The zero-order chi connectivity index (χ0) is 21.7. The van der Waals surface area contributed by atoms with E-state index in [1.54, 1.807) is 0 Å². The third kappa shape index (κ3) is 3.37. The number of ether oxygens (including phenoxy) is 1. The number of hydrogen-bond donors (Lipinski definition) is 1. The van der Waals surface area contributed by atoms with Crippen LogP contribution in [0.2, 0.25) is 0 Å². The van der Waals surface area contributed by atoms with Crippen LogP contribution in [-0.2, 0) is 19.1 Å². The van der Waals surface area contributed by atoms with Gasteiger partial charge in [-0.1, -0.05) is 26.3 Å². The van der Waals surface area contributed by atoms with Crippen molar-refractivity contribution < 1.29 is 24.2 Å². The average Bonchev–Trinajstić information content (AvgIpc) is 3.03. The molecule has 0 heterocycles. The number of aliphatic hydroxyl groups is 1. The molecule has 0 amide bonds. The van der Waals surface area contributed by atoms with Gasteiger partial charge in [-0.15, -0.1) is 0 Å². The molecule has 0 saturated heterocycles. The summed E-state index contributed by atoms with van der Waals surface area (Å²) in [4.78, 5) is 36.7. The number of fused-ring (bicyclic) bond motifs is 5. The lowest BCUT2D eigenvalue weighted by atomic mass is 9.46. The lowest BCUT2D eigenvalue weighted by Crippen LogP contribution is -2.57. The van der Waals surface area contributed by atoms with Gasteiger partial charge in [-0.05, 0) is 79.6 Å².